The number of carbonyl (C=O) groups excluding carboxylic acids is 3. The third-order valence-corrected chi connectivity index (χ3v) is 5.61. The molecule has 2 N–H and O–H groups in total. The summed E-state index contributed by atoms with van der Waals surface area (Å²) in [6, 6.07) is 13.9. The first-order chi connectivity index (χ1) is 14.9. The molecule has 0 aromatic heterocycles. The van der Waals surface area contributed by atoms with Crippen LogP contribution in [0.15, 0.2) is 59.8 Å². The Morgan fingerprint density at radius 2 is 1.87 bits per heavy atom. The van der Waals surface area contributed by atoms with E-state index in [1.165, 1.54) is 4.90 Å². The molecule has 2 aliphatic rings. The molecule has 3 amide bonds. The molecule has 0 saturated carbocycles. The van der Waals surface area contributed by atoms with Gasteiger partial charge in [0.25, 0.3) is 0 Å². The molecular weight excluding hydrogens is 418 g/mol. The average molecular weight is 440 g/mol. The standard InChI is InChI=1S/C23H22ClN3O4/c1-14-2-6-16(7-3-14)21-20-18(13-31-22(20)29)27(23(30)26-21)12-19(28)25-11-10-15-4-8-17(24)9-5-15/h2-9,21H,10-13H2,1H3,(H,25,28)(H,26,30)/t21-/m0/s1. The smallest absolute Gasteiger partial charge is 0.338 e. The maximum atomic E-state index is 12.8. The lowest BCUT2D eigenvalue weighted by Crippen LogP contribution is -2.50. The average Bonchev–Trinajstić information content (AvgIpc) is 3.13. The zero-order valence-electron chi connectivity index (χ0n) is 17.0. The van der Waals surface area contributed by atoms with Gasteiger partial charge in [-0.25, -0.2) is 9.59 Å². The lowest BCUT2D eigenvalue weighted by atomic mass is 9.95. The van der Waals surface area contributed by atoms with E-state index in [0.29, 0.717) is 29.3 Å². The number of aryl methyl sites for hydroxylation is 1. The van der Waals surface area contributed by atoms with Gasteiger partial charge in [0.05, 0.1) is 17.3 Å². The van der Waals surface area contributed by atoms with Gasteiger partial charge in [-0.3, -0.25) is 9.69 Å². The molecule has 2 aromatic carbocycles. The minimum Gasteiger partial charge on any atom is -0.456 e. The summed E-state index contributed by atoms with van der Waals surface area (Å²) in [4.78, 5) is 38.9. The van der Waals surface area contributed by atoms with E-state index in [9.17, 15) is 14.4 Å². The topological polar surface area (TPSA) is 87.7 Å². The number of esters is 1. The number of nitrogens with one attached hydrogen (secondary N) is 2. The molecule has 8 heteroatoms. The molecule has 0 aliphatic carbocycles. The van der Waals surface area contributed by atoms with Crippen molar-refractivity contribution in [1.29, 1.82) is 0 Å². The summed E-state index contributed by atoms with van der Waals surface area (Å²) in [6.45, 7) is 2.17. The number of nitrogens with zero attached hydrogens (tertiary/aromatic N) is 1. The summed E-state index contributed by atoms with van der Waals surface area (Å²) in [5.41, 5.74) is 3.72. The predicted molar refractivity (Wildman–Crippen MR) is 115 cm³/mol. The van der Waals surface area contributed by atoms with Crippen LogP contribution in [0.3, 0.4) is 0 Å². The second-order valence-electron chi connectivity index (χ2n) is 7.54. The van der Waals surface area contributed by atoms with Crippen molar-refractivity contribution in [3.8, 4) is 0 Å². The zero-order valence-corrected chi connectivity index (χ0v) is 17.7. The highest BCUT2D eigenvalue weighted by molar-refractivity contribution is 6.30. The van der Waals surface area contributed by atoms with E-state index in [0.717, 1.165) is 16.7 Å². The maximum Gasteiger partial charge on any atom is 0.338 e. The van der Waals surface area contributed by atoms with Crippen LogP contribution in [0.2, 0.25) is 5.02 Å². The van der Waals surface area contributed by atoms with Crippen LogP contribution < -0.4 is 10.6 Å². The van der Waals surface area contributed by atoms with Crippen LogP contribution in [0, 0.1) is 6.92 Å². The summed E-state index contributed by atoms with van der Waals surface area (Å²) in [7, 11) is 0. The van der Waals surface area contributed by atoms with Crippen LogP contribution >= 0.6 is 11.6 Å². The van der Waals surface area contributed by atoms with Crippen molar-refractivity contribution in [3.05, 3.63) is 81.5 Å². The number of urea groups is 1. The molecule has 4 rings (SSSR count). The van der Waals surface area contributed by atoms with Crippen LogP contribution in [0.5, 0.6) is 0 Å². The summed E-state index contributed by atoms with van der Waals surface area (Å²) < 4.78 is 5.19. The van der Waals surface area contributed by atoms with Gasteiger partial charge < -0.3 is 15.4 Å². The fraction of sp³-hybridized carbons (Fsp3) is 0.261. The number of benzene rings is 2. The molecule has 7 nitrogen and oxygen atoms in total. The Hall–Kier alpha value is -3.32. The first kappa shape index (κ1) is 20.9. The van der Waals surface area contributed by atoms with Gasteiger partial charge in [0.1, 0.15) is 13.2 Å². The third kappa shape index (κ3) is 4.56. The van der Waals surface area contributed by atoms with E-state index in [2.05, 4.69) is 10.6 Å². The van der Waals surface area contributed by atoms with Crippen molar-refractivity contribution >= 4 is 29.5 Å². The fourth-order valence-corrected chi connectivity index (χ4v) is 3.81. The number of hydrogen-bond donors (Lipinski definition) is 2. The van der Waals surface area contributed by atoms with E-state index in [-0.39, 0.29) is 19.1 Å². The molecular formula is C23H22ClN3O4. The summed E-state index contributed by atoms with van der Waals surface area (Å²) in [5.74, 6) is -0.794. The molecule has 0 spiro atoms. The van der Waals surface area contributed by atoms with E-state index in [1.54, 1.807) is 12.1 Å². The lowest BCUT2D eigenvalue weighted by molar-refractivity contribution is -0.136. The third-order valence-electron chi connectivity index (χ3n) is 5.36. The zero-order chi connectivity index (χ0) is 22.0. The highest BCUT2D eigenvalue weighted by atomic mass is 35.5. The maximum absolute atomic E-state index is 12.8. The summed E-state index contributed by atoms with van der Waals surface area (Å²) in [5, 5.41) is 6.30. The van der Waals surface area contributed by atoms with Crippen molar-refractivity contribution in [3.63, 3.8) is 0 Å². The van der Waals surface area contributed by atoms with Gasteiger partial charge in [0.15, 0.2) is 0 Å². The van der Waals surface area contributed by atoms with Gasteiger partial charge >= 0.3 is 12.0 Å². The molecule has 2 aromatic rings. The van der Waals surface area contributed by atoms with Crippen LogP contribution in [-0.4, -0.2) is 42.5 Å². The molecule has 0 radical (unpaired) electrons. The van der Waals surface area contributed by atoms with Crippen LogP contribution in [0.1, 0.15) is 22.7 Å². The predicted octanol–water partition coefficient (Wildman–Crippen LogP) is 2.88. The Morgan fingerprint density at radius 3 is 2.58 bits per heavy atom. The minimum absolute atomic E-state index is 0.0258. The van der Waals surface area contributed by atoms with Gasteiger partial charge in [0.2, 0.25) is 5.91 Å². The number of amides is 3. The molecule has 2 aliphatic heterocycles. The van der Waals surface area contributed by atoms with Crippen molar-refractivity contribution in [2.45, 2.75) is 19.4 Å². The lowest BCUT2D eigenvalue weighted by Gasteiger charge is -2.32. The van der Waals surface area contributed by atoms with Crippen molar-refractivity contribution in [2.75, 3.05) is 19.7 Å². The first-order valence-electron chi connectivity index (χ1n) is 9.98. The molecule has 31 heavy (non-hydrogen) atoms. The molecule has 0 saturated heterocycles. The van der Waals surface area contributed by atoms with E-state index < -0.39 is 18.0 Å². The van der Waals surface area contributed by atoms with Gasteiger partial charge in [-0.05, 0) is 36.6 Å². The van der Waals surface area contributed by atoms with Gasteiger partial charge in [-0.1, -0.05) is 53.6 Å². The Kier molecular flexibility index (Phi) is 5.95. The molecule has 160 valence electrons. The summed E-state index contributed by atoms with van der Waals surface area (Å²) in [6.07, 6.45) is 0.639. The van der Waals surface area contributed by atoms with E-state index in [1.807, 2.05) is 43.3 Å². The largest absolute Gasteiger partial charge is 0.456 e. The van der Waals surface area contributed by atoms with Crippen molar-refractivity contribution < 1.29 is 19.1 Å². The molecule has 2 heterocycles. The fourth-order valence-electron chi connectivity index (χ4n) is 3.68. The second-order valence-corrected chi connectivity index (χ2v) is 7.98. The number of cyclic esters (lactones) is 1. The number of carbonyl (C=O) groups is 3. The molecule has 0 fully saturated rings. The number of halogens is 1. The Balaban J connectivity index is 1.44. The Labute approximate surface area is 185 Å². The SMILES string of the molecule is Cc1ccc([C@@H]2NC(=O)N(CC(=O)NCCc3ccc(Cl)cc3)C3=C2C(=O)OC3)cc1. The van der Waals surface area contributed by atoms with E-state index >= 15 is 0 Å². The number of rotatable bonds is 6. The van der Waals surface area contributed by atoms with Crippen LogP contribution in [-0.2, 0) is 20.7 Å². The minimum atomic E-state index is -0.595. The highest BCUT2D eigenvalue weighted by Crippen LogP contribution is 2.34. The number of hydrogen-bond acceptors (Lipinski definition) is 4. The van der Waals surface area contributed by atoms with Gasteiger partial charge in [-0.15, -0.1) is 0 Å². The van der Waals surface area contributed by atoms with Crippen molar-refractivity contribution in [1.82, 2.24) is 15.5 Å². The van der Waals surface area contributed by atoms with Crippen molar-refractivity contribution in [2.24, 2.45) is 0 Å². The monoisotopic (exact) mass is 439 g/mol. The van der Waals surface area contributed by atoms with Gasteiger partial charge in [-0.2, -0.15) is 0 Å². The second kappa shape index (κ2) is 8.81. The van der Waals surface area contributed by atoms with Crippen LogP contribution in [0.25, 0.3) is 0 Å². The summed E-state index contributed by atoms with van der Waals surface area (Å²) >= 11 is 5.88. The first-order valence-corrected chi connectivity index (χ1v) is 10.4. The van der Waals surface area contributed by atoms with Crippen LogP contribution in [0.4, 0.5) is 4.79 Å². The van der Waals surface area contributed by atoms with Gasteiger partial charge in [0, 0.05) is 11.6 Å². The Bertz CT molecular complexity index is 1050. The van der Waals surface area contributed by atoms with E-state index in [4.69, 9.17) is 16.3 Å². The molecule has 1 atom stereocenters. The molecule has 0 unspecified atom stereocenters. The highest BCUT2D eigenvalue weighted by Gasteiger charge is 2.42. The molecule has 0 bridgehead atoms. The number of ether oxygens (including phenoxy) is 1. The quantitative estimate of drug-likeness (QED) is 0.677. The Morgan fingerprint density at radius 1 is 1.16 bits per heavy atom. The normalized spacial score (nSPS) is 17.9.